The number of ether oxygens (including phenoxy) is 1. The van der Waals surface area contributed by atoms with Crippen molar-refractivity contribution in [3.05, 3.63) is 35.4 Å². The maximum Gasteiger partial charge on any atom is 0.254 e. The molecule has 5 heteroatoms. The number of likely N-dealkylation sites (tertiary alicyclic amines) is 2. The van der Waals surface area contributed by atoms with Crippen molar-refractivity contribution in [3.8, 4) is 0 Å². The molecule has 3 aliphatic rings. The molecule has 0 aliphatic carbocycles. The molecule has 1 spiro atoms. The molecule has 4 rings (SSSR count). The van der Waals surface area contributed by atoms with Gasteiger partial charge >= 0.3 is 0 Å². The second-order valence-corrected chi connectivity index (χ2v) is 7.97. The van der Waals surface area contributed by atoms with E-state index in [0.717, 1.165) is 62.7 Å². The summed E-state index contributed by atoms with van der Waals surface area (Å²) in [7, 11) is 0. The zero-order chi connectivity index (χ0) is 18.1. The van der Waals surface area contributed by atoms with Crippen LogP contribution in [0.5, 0.6) is 0 Å². The molecule has 3 saturated heterocycles. The zero-order valence-electron chi connectivity index (χ0n) is 15.6. The molecule has 3 fully saturated rings. The number of nitrogens with zero attached hydrogens (tertiary/aromatic N) is 2. The van der Waals surface area contributed by atoms with E-state index in [9.17, 15) is 9.59 Å². The SMILES string of the molecule is Cc1ccccc1C(=O)N1CCC2(CCC(C(=O)N3CCCC3)O2)CC1. The number of carbonyl (C=O) groups is 2. The zero-order valence-corrected chi connectivity index (χ0v) is 15.6. The van der Waals surface area contributed by atoms with Crippen LogP contribution in [-0.4, -0.2) is 59.5 Å². The lowest BCUT2D eigenvalue weighted by Gasteiger charge is -2.39. The fraction of sp³-hybridized carbons (Fsp3) is 0.619. The maximum atomic E-state index is 12.8. The summed E-state index contributed by atoms with van der Waals surface area (Å²) in [5, 5.41) is 0. The summed E-state index contributed by atoms with van der Waals surface area (Å²) in [6.45, 7) is 5.15. The van der Waals surface area contributed by atoms with E-state index in [-0.39, 0.29) is 23.5 Å². The Bertz CT molecular complexity index is 688. The van der Waals surface area contributed by atoms with Crippen LogP contribution in [0.4, 0.5) is 0 Å². The Morgan fingerprint density at radius 3 is 2.38 bits per heavy atom. The Morgan fingerprint density at radius 2 is 1.69 bits per heavy atom. The lowest BCUT2D eigenvalue weighted by atomic mass is 9.88. The fourth-order valence-corrected chi connectivity index (χ4v) is 4.60. The van der Waals surface area contributed by atoms with Gasteiger partial charge in [-0.1, -0.05) is 18.2 Å². The highest BCUT2D eigenvalue weighted by Gasteiger charge is 2.46. The minimum Gasteiger partial charge on any atom is -0.362 e. The van der Waals surface area contributed by atoms with Gasteiger partial charge in [-0.25, -0.2) is 0 Å². The predicted molar refractivity (Wildman–Crippen MR) is 99.0 cm³/mol. The molecule has 0 saturated carbocycles. The van der Waals surface area contributed by atoms with Crippen molar-refractivity contribution in [1.29, 1.82) is 0 Å². The van der Waals surface area contributed by atoms with Gasteiger partial charge in [0, 0.05) is 31.7 Å². The number of aryl methyl sites for hydroxylation is 1. The first-order chi connectivity index (χ1) is 12.6. The van der Waals surface area contributed by atoms with Gasteiger partial charge in [-0.05, 0) is 57.1 Å². The van der Waals surface area contributed by atoms with Gasteiger partial charge < -0.3 is 14.5 Å². The van der Waals surface area contributed by atoms with Crippen LogP contribution < -0.4 is 0 Å². The van der Waals surface area contributed by atoms with Gasteiger partial charge in [-0.2, -0.15) is 0 Å². The van der Waals surface area contributed by atoms with Crippen molar-refractivity contribution in [2.45, 2.75) is 57.2 Å². The van der Waals surface area contributed by atoms with Crippen LogP contribution in [0.2, 0.25) is 0 Å². The Balaban J connectivity index is 1.35. The normalized spacial score (nSPS) is 25.0. The van der Waals surface area contributed by atoms with Crippen LogP contribution in [-0.2, 0) is 9.53 Å². The first-order valence-corrected chi connectivity index (χ1v) is 9.90. The van der Waals surface area contributed by atoms with Crippen molar-refractivity contribution in [1.82, 2.24) is 9.80 Å². The van der Waals surface area contributed by atoms with E-state index in [2.05, 4.69) is 0 Å². The molecular formula is C21H28N2O3. The smallest absolute Gasteiger partial charge is 0.254 e. The van der Waals surface area contributed by atoms with E-state index < -0.39 is 0 Å². The van der Waals surface area contributed by atoms with Crippen LogP contribution in [0.1, 0.15) is 54.4 Å². The average Bonchev–Trinajstić information content (AvgIpc) is 3.32. The highest BCUT2D eigenvalue weighted by molar-refractivity contribution is 5.95. The highest BCUT2D eigenvalue weighted by Crippen LogP contribution is 2.40. The van der Waals surface area contributed by atoms with E-state index in [1.165, 1.54) is 0 Å². The second-order valence-electron chi connectivity index (χ2n) is 7.97. The third kappa shape index (κ3) is 3.25. The minimum absolute atomic E-state index is 0.112. The molecule has 0 aromatic heterocycles. The number of rotatable bonds is 2. The quantitative estimate of drug-likeness (QED) is 0.819. The van der Waals surface area contributed by atoms with Gasteiger partial charge in [0.1, 0.15) is 6.10 Å². The first-order valence-electron chi connectivity index (χ1n) is 9.90. The van der Waals surface area contributed by atoms with Gasteiger partial charge in [0.25, 0.3) is 11.8 Å². The van der Waals surface area contributed by atoms with Crippen LogP contribution in [0, 0.1) is 6.92 Å². The maximum absolute atomic E-state index is 12.8. The van der Waals surface area contributed by atoms with Crippen molar-refractivity contribution >= 4 is 11.8 Å². The number of benzene rings is 1. The monoisotopic (exact) mass is 356 g/mol. The summed E-state index contributed by atoms with van der Waals surface area (Å²) in [5.41, 5.74) is 1.60. The third-order valence-electron chi connectivity index (χ3n) is 6.28. The molecule has 26 heavy (non-hydrogen) atoms. The Labute approximate surface area is 155 Å². The molecule has 1 unspecified atom stereocenters. The first kappa shape index (κ1) is 17.5. The Hall–Kier alpha value is -1.88. The third-order valence-corrected chi connectivity index (χ3v) is 6.28. The van der Waals surface area contributed by atoms with Gasteiger partial charge in [0.15, 0.2) is 0 Å². The lowest BCUT2D eigenvalue weighted by molar-refractivity contribution is -0.149. The molecule has 140 valence electrons. The summed E-state index contributed by atoms with van der Waals surface area (Å²) >= 11 is 0. The summed E-state index contributed by atoms with van der Waals surface area (Å²) in [6, 6.07) is 7.76. The topological polar surface area (TPSA) is 49.9 Å². The largest absolute Gasteiger partial charge is 0.362 e. The fourth-order valence-electron chi connectivity index (χ4n) is 4.60. The predicted octanol–water partition coefficient (Wildman–Crippen LogP) is 2.77. The van der Waals surface area contributed by atoms with Crippen LogP contribution in [0.3, 0.4) is 0 Å². The van der Waals surface area contributed by atoms with Gasteiger partial charge in [-0.3, -0.25) is 9.59 Å². The number of amides is 2. The molecule has 0 bridgehead atoms. The van der Waals surface area contributed by atoms with Gasteiger partial charge in [-0.15, -0.1) is 0 Å². The molecule has 1 aromatic rings. The summed E-state index contributed by atoms with van der Waals surface area (Å²) in [6.07, 6.45) is 5.36. The molecule has 2 amide bonds. The molecular weight excluding hydrogens is 328 g/mol. The minimum atomic E-state index is -0.272. The molecule has 5 nitrogen and oxygen atoms in total. The summed E-state index contributed by atoms with van der Waals surface area (Å²) in [4.78, 5) is 29.3. The molecule has 0 N–H and O–H groups in total. The molecule has 1 aromatic carbocycles. The van der Waals surface area contributed by atoms with Crippen LogP contribution >= 0.6 is 0 Å². The number of carbonyl (C=O) groups excluding carboxylic acids is 2. The average molecular weight is 356 g/mol. The molecule has 1 atom stereocenters. The number of piperidine rings is 1. The van der Waals surface area contributed by atoms with Crippen molar-refractivity contribution in [2.24, 2.45) is 0 Å². The number of hydrogen-bond donors (Lipinski definition) is 0. The molecule has 0 radical (unpaired) electrons. The van der Waals surface area contributed by atoms with Crippen molar-refractivity contribution < 1.29 is 14.3 Å². The van der Waals surface area contributed by atoms with E-state index in [1.54, 1.807) is 0 Å². The summed E-state index contributed by atoms with van der Waals surface area (Å²) < 4.78 is 6.29. The van der Waals surface area contributed by atoms with E-state index >= 15 is 0 Å². The van der Waals surface area contributed by atoms with Crippen molar-refractivity contribution in [3.63, 3.8) is 0 Å². The van der Waals surface area contributed by atoms with E-state index in [0.29, 0.717) is 13.1 Å². The molecule has 3 aliphatic heterocycles. The standard InChI is InChI=1S/C21H28N2O3/c1-16-6-2-3-7-17(16)19(24)23-14-10-21(11-15-23)9-8-18(26-21)20(25)22-12-4-5-13-22/h2-3,6-7,18H,4-5,8-15H2,1H3. The summed E-state index contributed by atoms with van der Waals surface area (Å²) in [5.74, 6) is 0.290. The highest BCUT2D eigenvalue weighted by atomic mass is 16.5. The Kier molecular flexibility index (Phi) is 4.74. The van der Waals surface area contributed by atoms with E-state index in [1.807, 2.05) is 41.0 Å². The van der Waals surface area contributed by atoms with Gasteiger partial charge in [0.2, 0.25) is 0 Å². The van der Waals surface area contributed by atoms with Gasteiger partial charge in [0.05, 0.1) is 5.60 Å². The molecule has 3 heterocycles. The van der Waals surface area contributed by atoms with Crippen molar-refractivity contribution in [2.75, 3.05) is 26.2 Å². The second kappa shape index (κ2) is 7.03. The van der Waals surface area contributed by atoms with E-state index in [4.69, 9.17) is 4.74 Å². The number of hydrogen-bond acceptors (Lipinski definition) is 3. The van der Waals surface area contributed by atoms with Crippen LogP contribution in [0.25, 0.3) is 0 Å². The van der Waals surface area contributed by atoms with Crippen LogP contribution in [0.15, 0.2) is 24.3 Å². The lowest BCUT2D eigenvalue weighted by Crippen LogP contribution is -2.48. The Morgan fingerprint density at radius 1 is 1.00 bits per heavy atom.